The Morgan fingerprint density at radius 1 is 1.27 bits per heavy atom. The molecular weight excluding hydrogens is 378 g/mol. The molecule has 1 atom stereocenters. The van der Waals surface area contributed by atoms with Crippen LogP contribution in [0, 0.1) is 5.41 Å². The van der Waals surface area contributed by atoms with Gasteiger partial charge in [0.15, 0.2) is 5.82 Å². The van der Waals surface area contributed by atoms with E-state index in [1.54, 1.807) is 0 Å². The summed E-state index contributed by atoms with van der Waals surface area (Å²) in [5.41, 5.74) is 2.82. The van der Waals surface area contributed by atoms with Gasteiger partial charge in [0.25, 0.3) is 0 Å². The zero-order chi connectivity index (χ0) is 21.3. The fourth-order valence-corrected chi connectivity index (χ4v) is 3.40. The van der Waals surface area contributed by atoms with Gasteiger partial charge in [-0.2, -0.15) is 4.98 Å². The molecule has 3 rings (SSSR count). The molecule has 1 saturated heterocycles. The van der Waals surface area contributed by atoms with Crippen LogP contribution in [0.2, 0.25) is 0 Å². The highest BCUT2D eigenvalue weighted by molar-refractivity contribution is 6.03. The van der Waals surface area contributed by atoms with Gasteiger partial charge in [0.1, 0.15) is 11.4 Å². The first-order valence-electron chi connectivity index (χ1n) is 10.7. The molecule has 8 heteroatoms. The summed E-state index contributed by atoms with van der Waals surface area (Å²) < 4.78 is 5.48. The lowest BCUT2D eigenvalue weighted by atomic mass is 10.1. The van der Waals surface area contributed by atoms with Crippen molar-refractivity contribution in [2.24, 2.45) is 0 Å². The second kappa shape index (κ2) is 10.9. The molecule has 8 nitrogen and oxygen atoms in total. The molecule has 0 aliphatic carbocycles. The number of para-hydroxylation sites is 1. The average molecular weight is 412 g/mol. The molecule has 0 radical (unpaired) electrons. The normalized spacial score (nSPS) is 16.4. The lowest BCUT2D eigenvalue weighted by Crippen LogP contribution is -2.50. The number of rotatable bonds is 10. The van der Waals surface area contributed by atoms with E-state index in [2.05, 4.69) is 27.8 Å². The summed E-state index contributed by atoms with van der Waals surface area (Å²) in [5, 5.41) is 18.8. The molecule has 1 aromatic carbocycles. The summed E-state index contributed by atoms with van der Waals surface area (Å²) in [6.07, 6.45) is 0.597. The van der Waals surface area contributed by atoms with Crippen molar-refractivity contribution in [1.29, 1.82) is 5.41 Å². The summed E-state index contributed by atoms with van der Waals surface area (Å²) in [4.78, 5) is 11.9. The molecule has 1 aliphatic rings. The van der Waals surface area contributed by atoms with Crippen LogP contribution in [-0.4, -0.2) is 61.1 Å². The minimum absolute atomic E-state index is 0.367. The van der Waals surface area contributed by atoms with Crippen molar-refractivity contribution in [2.75, 3.05) is 54.9 Å². The molecule has 30 heavy (non-hydrogen) atoms. The number of ether oxygens (including phenoxy) is 1. The van der Waals surface area contributed by atoms with Crippen LogP contribution < -0.4 is 20.9 Å². The van der Waals surface area contributed by atoms with Gasteiger partial charge in [-0.3, -0.25) is 0 Å². The number of aromatic nitrogens is 2. The van der Waals surface area contributed by atoms with Gasteiger partial charge in [-0.05, 0) is 32.4 Å². The van der Waals surface area contributed by atoms with E-state index in [1.165, 1.54) is 0 Å². The summed E-state index contributed by atoms with van der Waals surface area (Å²) in [5.74, 6) is 1.34. The molecule has 0 spiro atoms. The Hall–Kier alpha value is -2.71. The number of piperazine rings is 1. The maximum atomic E-state index is 8.54. The summed E-state index contributed by atoms with van der Waals surface area (Å²) in [6.45, 7) is 10.6. The molecule has 2 aromatic rings. The SMILES string of the molecule is CCOCCNc1c(Nc2ccccc2)nc(N2CCN[C@H](C)C2)nc1C(=N)CC. The van der Waals surface area contributed by atoms with Crippen molar-refractivity contribution in [2.45, 2.75) is 33.2 Å². The van der Waals surface area contributed by atoms with E-state index >= 15 is 0 Å². The highest BCUT2D eigenvalue weighted by Gasteiger charge is 2.23. The molecule has 1 aliphatic heterocycles. The fourth-order valence-electron chi connectivity index (χ4n) is 3.40. The Bertz CT molecular complexity index is 828. The molecule has 0 bridgehead atoms. The zero-order valence-corrected chi connectivity index (χ0v) is 18.2. The van der Waals surface area contributed by atoms with Gasteiger partial charge < -0.3 is 31.0 Å². The summed E-state index contributed by atoms with van der Waals surface area (Å²) in [6, 6.07) is 10.3. The monoisotopic (exact) mass is 411 g/mol. The highest BCUT2D eigenvalue weighted by Crippen LogP contribution is 2.30. The predicted octanol–water partition coefficient (Wildman–Crippen LogP) is 3.24. The van der Waals surface area contributed by atoms with Crippen molar-refractivity contribution in [3.8, 4) is 0 Å². The van der Waals surface area contributed by atoms with Crippen LogP contribution in [0.5, 0.6) is 0 Å². The van der Waals surface area contributed by atoms with Crippen molar-refractivity contribution in [1.82, 2.24) is 15.3 Å². The minimum Gasteiger partial charge on any atom is -0.380 e. The molecule has 1 fully saturated rings. The average Bonchev–Trinajstić information content (AvgIpc) is 2.77. The Balaban J connectivity index is 2.00. The Kier molecular flexibility index (Phi) is 7.98. The van der Waals surface area contributed by atoms with E-state index in [1.807, 2.05) is 44.2 Å². The van der Waals surface area contributed by atoms with Crippen LogP contribution in [0.3, 0.4) is 0 Å². The Morgan fingerprint density at radius 2 is 2.07 bits per heavy atom. The number of nitrogens with one attached hydrogen (secondary N) is 4. The Labute approximate surface area is 179 Å². The van der Waals surface area contributed by atoms with Gasteiger partial charge in [0.2, 0.25) is 5.95 Å². The smallest absolute Gasteiger partial charge is 0.228 e. The van der Waals surface area contributed by atoms with Crippen LogP contribution in [0.4, 0.5) is 23.1 Å². The van der Waals surface area contributed by atoms with E-state index in [4.69, 9.17) is 20.1 Å². The third-order valence-electron chi connectivity index (χ3n) is 4.98. The fraction of sp³-hybridized carbons (Fsp3) is 0.500. The van der Waals surface area contributed by atoms with Crippen LogP contribution in [-0.2, 0) is 4.74 Å². The lowest BCUT2D eigenvalue weighted by Gasteiger charge is -2.32. The lowest BCUT2D eigenvalue weighted by molar-refractivity contribution is 0.158. The van der Waals surface area contributed by atoms with Crippen molar-refractivity contribution in [3.05, 3.63) is 36.0 Å². The predicted molar refractivity (Wildman–Crippen MR) is 124 cm³/mol. The molecule has 162 valence electrons. The van der Waals surface area contributed by atoms with Crippen molar-refractivity contribution in [3.63, 3.8) is 0 Å². The van der Waals surface area contributed by atoms with Gasteiger partial charge in [-0.25, -0.2) is 4.98 Å². The number of hydrogen-bond donors (Lipinski definition) is 4. The van der Waals surface area contributed by atoms with Gasteiger partial charge in [0.05, 0.1) is 12.3 Å². The molecule has 0 amide bonds. The van der Waals surface area contributed by atoms with Crippen molar-refractivity contribution < 1.29 is 4.74 Å². The van der Waals surface area contributed by atoms with E-state index in [0.717, 1.165) is 31.0 Å². The standard InChI is InChI=1S/C22H33N7O/c1-4-18(23)19-20(25-12-14-30-5-2)21(26-17-9-7-6-8-10-17)28-22(27-19)29-13-11-24-16(3)15-29/h6-10,16,23-25H,4-5,11-15H2,1-3H3,(H,26,27,28)/t16-/m1/s1. The number of anilines is 4. The molecule has 4 N–H and O–H groups in total. The van der Waals surface area contributed by atoms with Gasteiger partial charge >= 0.3 is 0 Å². The van der Waals surface area contributed by atoms with E-state index < -0.39 is 0 Å². The maximum Gasteiger partial charge on any atom is 0.228 e. The quantitative estimate of drug-likeness (QED) is 0.352. The molecule has 0 saturated carbocycles. The molecule has 1 aromatic heterocycles. The molecule has 0 unspecified atom stereocenters. The van der Waals surface area contributed by atoms with Gasteiger partial charge in [-0.1, -0.05) is 25.1 Å². The van der Waals surface area contributed by atoms with Gasteiger partial charge in [-0.15, -0.1) is 0 Å². The second-order valence-corrected chi connectivity index (χ2v) is 7.34. The van der Waals surface area contributed by atoms with Gasteiger partial charge in [0, 0.05) is 44.5 Å². The third kappa shape index (κ3) is 5.67. The third-order valence-corrected chi connectivity index (χ3v) is 4.98. The zero-order valence-electron chi connectivity index (χ0n) is 18.2. The van der Waals surface area contributed by atoms with Crippen LogP contribution in [0.15, 0.2) is 30.3 Å². The largest absolute Gasteiger partial charge is 0.380 e. The highest BCUT2D eigenvalue weighted by atomic mass is 16.5. The van der Waals surface area contributed by atoms with Crippen molar-refractivity contribution >= 4 is 28.9 Å². The van der Waals surface area contributed by atoms with Crippen LogP contribution >= 0.6 is 0 Å². The van der Waals surface area contributed by atoms with E-state index in [9.17, 15) is 0 Å². The van der Waals surface area contributed by atoms with Crippen LogP contribution in [0.25, 0.3) is 0 Å². The topological polar surface area (TPSA) is 98.2 Å². The van der Waals surface area contributed by atoms with E-state index in [0.29, 0.717) is 55.4 Å². The number of benzene rings is 1. The first-order valence-corrected chi connectivity index (χ1v) is 10.7. The maximum absolute atomic E-state index is 8.54. The molecule has 2 heterocycles. The number of hydrogen-bond acceptors (Lipinski definition) is 8. The summed E-state index contributed by atoms with van der Waals surface area (Å²) in [7, 11) is 0. The van der Waals surface area contributed by atoms with Crippen LogP contribution in [0.1, 0.15) is 32.9 Å². The Morgan fingerprint density at radius 3 is 2.77 bits per heavy atom. The first-order chi connectivity index (χ1) is 14.6. The summed E-state index contributed by atoms with van der Waals surface area (Å²) >= 11 is 0. The molecular formula is C22H33N7O. The minimum atomic E-state index is 0.367. The second-order valence-electron chi connectivity index (χ2n) is 7.34. The van der Waals surface area contributed by atoms with E-state index in [-0.39, 0.29) is 0 Å². The first kappa shape index (κ1) is 22.0. The number of nitrogens with zero attached hydrogens (tertiary/aromatic N) is 3.